The van der Waals surface area contributed by atoms with Gasteiger partial charge in [0.05, 0.1) is 17.2 Å². The molecule has 98 valence electrons. The lowest BCUT2D eigenvalue weighted by molar-refractivity contribution is -0.485. The Hall–Kier alpha value is -1.82. The van der Waals surface area contributed by atoms with Crippen LogP contribution in [0.15, 0.2) is 17.2 Å². The molecule has 0 aliphatic carbocycles. The second-order valence-corrected chi connectivity index (χ2v) is 4.26. The molecule has 0 saturated carbocycles. The van der Waals surface area contributed by atoms with Crippen molar-refractivity contribution >= 4 is 17.4 Å². The Kier molecular flexibility index (Phi) is 4.49. The van der Waals surface area contributed by atoms with E-state index < -0.39 is 5.03 Å². The molecule has 7 heteroatoms. The summed E-state index contributed by atoms with van der Waals surface area (Å²) in [7, 11) is 4.87. The molecule has 0 atom stereocenters. The maximum Gasteiger partial charge on any atom is 0.210 e. The van der Waals surface area contributed by atoms with E-state index in [1.54, 1.807) is 31.1 Å². The molecule has 1 aromatic carbocycles. The molecule has 0 radical (unpaired) electrons. The lowest BCUT2D eigenvalue weighted by Crippen LogP contribution is -2.25. The molecular formula is C11H14ClN3O3. The van der Waals surface area contributed by atoms with Gasteiger partial charge in [-0.15, -0.1) is 0 Å². The molecule has 6 nitrogen and oxygen atoms in total. The number of rotatable bonds is 3. The van der Waals surface area contributed by atoms with Crippen molar-refractivity contribution in [3.05, 3.63) is 38.4 Å². The molecule has 1 rings (SSSR count). The van der Waals surface area contributed by atoms with E-state index in [4.69, 9.17) is 16.3 Å². The Morgan fingerprint density at radius 3 is 2.56 bits per heavy atom. The number of aryl methyl sites for hydroxylation is 1. The quantitative estimate of drug-likeness (QED) is 0.366. The summed E-state index contributed by atoms with van der Waals surface area (Å²) in [5.74, 6) is 0.763. The van der Waals surface area contributed by atoms with E-state index in [9.17, 15) is 10.1 Å². The van der Waals surface area contributed by atoms with Crippen LogP contribution >= 0.6 is 11.6 Å². The number of ether oxygens (including phenoxy) is 1. The highest BCUT2D eigenvalue weighted by molar-refractivity contribution is 6.32. The molecule has 0 N–H and O–H groups in total. The normalized spacial score (nSPS) is 11.3. The van der Waals surface area contributed by atoms with Gasteiger partial charge in [-0.2, -0.15) is 0 Å². The fraction of sp³-hybridized carbons (Fsp3) is 0.364. The number of benzene rings is 1. The van der Waals surface area contributed by atoms with Crippen molar-refractivity contribution < 1.29 is 9.77 Å². The van der Waals surface area contributed by atoms with Crippen LogP contribution in [0.3, 0.4) is 0 Å². The maximum absolute atomic E-state index is 10.5. The highest BCUT2D eigenvalue weighted by Gasteiger charge is 2.16. The zero-order valence-electron chi connectivity index (χ0n) is 10.6. The molecule has 0 bridgehead atoms. The number of methoxy groups -OCH3 is 1. The van der Waals surface area contributed by atoms with Gasteiger partial charge in [-0.3, -0.25) is 0 Å². The minimum atomic E-state index is -0.729. The highest BCUT2D eigenvalue weighted by atomic mass is 35.5. The fourth-order valence-corrected chi connectivity index (χ4v) is 1.75. The van der Waals surface area contributed by atoms with Gasteiger partial charge in [0.2, 0.25) is 5.84 Å². The Bertz CT molecular complexity index is 501. The van der Waals surface area contributed by atoms with Crippen LogP contribution in [0.5, 0.6) is 5.75 Å². The average molecular weight is 272 g/mol. The summed E-state index contributed by atoms with van der Waals surface area (Å²) in [6.07, 6.45) is 0. The van der Waals surface area contributed by atoms with E-state index in [2.05, 4.69) is 5.10 Å². The number of amidine groups is 1. The molecule has 0 unspecified atom stereocenters. The van der Waals surface area contributed by atoms with Crippen LogP contribution in [0, 0.1) is 17.0 Å². The lowest BCUT2D eigenvalue weighted by Gasteiger charge is -2.16. The monoisotopic (exact) mass is 271 g/mol. The van der Waals surface area contributed by atoms with E-state index in [0.717, 1.165) is 5.56 Å². The lowest BCUT2D eigenvalue weighted by atomic mass is 10.1. The van der Waals surface area contributed by atoms with Crippen molar-refractivity contribution in [3.8, 4) is 5.75 Å². The molecule has 1 aromatic rings. The summed E-state index contributed by atoms with van der Waals surface area (Å²) in [6, 6.07) is 3.33. The Morgan fingerprint density at radius 1 is 1.50 bits per heavy atom. The topological polar surface area (TPSA) is 68.0 Å². The zero-order valence-corrected chi connectivity index (χ0v) is 11.4. The molecular weight excluding hydrogens is 258 g/mol. The molecule has 0 amide bonds. The van der Waals surface area contributed by atoms with Crippen molar-refractivity contribution in [2.24, 2.45) is 5.10 Å². The van der Waals surface area contributed by atoms with Crippen molar-refractivity contribution in [1.82, 2.24) is 4.90 Å². The van der Waals surface area contributed by atoms with E-state index in [0.29, 0.717) is 16.3 Å². The van der Waals surface area contributed by atoms with Crippen molar-refractivity contribution in [1.29, 1.82) is 0 Å². The predicted molar refractivity (Wildman–Crippen MR) is 70.0 cm³/mol. The molecule has 0 aliphatic heterocycles. The summed E-state index contributed by atoms with van der Waals surface area (Å²) in [6.45, 7) is 1.81. The first kappa shape index (κ1) is 14.2. The zero-order chi connectivity index (χ0) is 13.9. The first-order valence-electron chi connectivity index (χ1n) is 5.11. The Labute approximate surface area is 110 Å². The molecule has 0 aromatic heterocycles. The standard InChI is InChI=1S/C11H14ClN3O3/c1-7-5-10(18-4)9(12)6-8(7)11(14(2)3)13-15(16)17/h5-6H,1-4H3/b13-11-. The molecule has 0 aliphatic rings. The Balaban J connectivity index is 3.39. The molecule has 0 spiro atoms. The maximum atomic E-state index is 10.5. The van der Waals surface area contributed by atoms with E-state index in [1.165, 1.54) is 7.11 Å². The van der Waals surface area contributed by atoms with E-state index in [1.807, 2.05) is 6.92 Å². The first-order chi connectivity index (χ1) is 8.36. The van der Waals surface area contributed by atoms with Crippen LogP contribution in [0.1, 0.15) is 11.1 Å². The summed E-state index contributed by atoms with van der Waals surface area (Å²) in [5, 5.41) is 13.6. The minimum Gasteiger partial charge on any atom is -0.495 e. The van der Waals surface area contributed by atoms with Crippen molar-refractivity contribution in [3.63, 3.8) is 0 Å². The largest absolute Gasteiger partial charge is 0.495 e. The van der Waals surface area contributed by atoms with Crippen molar-refractivity contribution in [2.75, 3.05) is 21.2 Å². The smallest absolute Gasteiger partial charge is 0.210 e. The van der Waals surface area contributed by atoms with Crippen LogP contribution in [-0.2, 0) is 0 Å². The highest BCUT2D eigenvalue weighted by Crippen LogP contribution is 2.28. The van der Waals surface area contributed by atoms with Crippen LogP contribution < -0.4 is 4.74 Å². The first-order valence-corrected chi connectivity index (χ1v) is 5.49. The SMILES string of the molecule is COc1cc(C)c(/C(=N/[N+](=O)[O-])N(C)C)cc1Cl. The van der Waals surface area contributed by atoms with Gasteiger partial charge in [-0.25, -0.2) is 10.1 Å². The second-order valence-electron chi connectivity index (χ2n) is 3.86. The van der Waals surface area contributed by atoms with Crippen LogP contribution in [0.25, 0.3) is 0 Å². The van der Waals surface area contributed by atoms with Gasteiger partial charge in [0.15, 0.2) is 5.03 Å². The van der Waals surface area contributed by atoms with Crippen LogP contribution in [0.4, 0.5) is 0 Å². The van der Waals surface area contributed by atoms with Gasteiger partial charge in [0.1, 0.15) is 5.75 Å². The predicted octanol–water partition coefficient (Wildman–Crippen LogP) is 2.16. The van der Waals surface area contributed by atoms with Gasteiger partial charge in [-0.1, -0.05) is 11.6 Å². The number of nitro groups is 1. The number of nitrogens with zero attached hydrogens (tertiary/aromatic N) is 3. The second kappa shape index (κ2) is 5.68. The third-order valence-electron chi connectivity index (χ3n) is 2.34. The van der Waals surface area contributed by atoms with Gasteiger partial charge in [-0.05, 0) is 24.6 Å². The number of hydrogen-bond donors (Lipinski definition) is 0. The van der Waals surface area contributed by atoms with Gasteiger partial charge in [0.25, 0.3) is 0 Å². The fourth-order valence-electron chi connectivity index (χ4n) is 1.51. The molecule has 0 heterocycles. The Morgan fingerprint density at radius 2 is 2.11 bits per heavy atom. The third kappa shape index (κ3) is 3.10. The minimum absolute atomic E-state index is 0.238. The van der Waals surface area contributed by atoms with E-state index in [-0.39, 0.29) is 5.84 Å². The van der Waals surface area contributed by atoms with Gasteiger partial charge < -0.3 is 9.64 Å². The number of halogens is 1. The van der Waals surface area contributed by atoms with Crippen LogP contribution in [0.2, 0.25) is 5.02 Å². The number of hydrazone groups is 1. The molecule has 0 fully saturated rings. The summed E-state index contributed by atoms with van der Waals surface area (Å²) in [5.41, 5.74) is 1.40. The van der Waals surface area contributed by atoms with Crippen LogP contribution in [-0.4, -0.2) is 37.0 Å². The summed E-state index contributed by atoms with van der Waals surface area (Å²) >= 11 is 6.02. The van der Waals surface area contributed by atoms with Gasteiger partial charge in [0, 0.05) is 19.7 Å². The molecule has 0 saturated heterocycles. The summed E-state index contributed by atoms with van der Waals surface area (Å²) in [4.78, 5) is 12.1. The van der Waals surface area contributed by atoms with Crippen molar-refractivity contribution in [2.45, 2.75) is 6.92 Å². The molecule has 18 heavy (non-hydrogen) atoms. The average Bonchev–Trinajstić information content (AvgIpc) is 2.28. The third-order valence-corrected chi connectivity index (χ3v) is 2.64. The number of hydrogen-bond acceptors (Lipinski definition) is 3. The van der Waals surface area contributed by atoms with Gasteiger partial charge >= 0.3 is 0 Å². The summed E-state index contributed by atoms with van der Waals surface area (Å²) < 4.78 is 5.08. The van der Waals surface area contributed by atoms with E-state index >= 15 is 0 Å².